The molecule has 2 aromatic heterocycles. The van der Waals surface area contributed by atoms with E-state index >= 15 is 0 Å². The number of amides is 1. The highest BCUT2D eigenvalue weighted by Crippen LogP contribution is 2.28. The van der Waals surface area contributed by atoms with Crippen molar-refractivity contribution in [1.82, 2.24) is 14.6 Å². The number of fused-ring (bicyclic) bond motifs is 2. The molecule has 0 saturated heterocycles. The first-order chi connectivity index (χ1) is 17.0. The first-order valence-corrected chi connectivity index (χ1v) is 11.3. The summed E-state index contributed by atoms with van der Waals surface area (Å²) in [5.74, 6) is 0.557. The molecule has 5 rings (SSSR count). The van der Waals surface area contributed by atoms with Crippen molar-refractivity contribution in [3.8, 4) is 5.75 Å². The molecule has 3 N–H and O–H groups in total. The van der Waals surface area contributed by atoms with Gasteiger partial charge in [0, 0.05) is 5.69 Å². The van der Waals surface area contributed by atoms with Crippen LogP contribution in [0.2, 0.25) is 0 Å². The number of nitrogens with two attached hydrogens (primary N) is 1. The minimum absolute atomic E-state index is 0.155. The van der Waals surface area contributed by atoms with Crippen LogP contribution in [0.3, 0.4) is 0 Å². The molecular formula is C27H24N6O2. The van der Waals surface area contributed by atoms with Crippen LogP contribution < -0.4 is 15.8 Å². The number of hydrogen-bond donors (Lipinski definition) is 2. The van der Waals surface area contributed by atoms with Gasteiger partial charge in [-0.2, -0.15) is 9.78 Å². The summed E-state index contributed by atoms with van der Waals surface area (Å²) in [6, 6.07) is 22.5. The van der Waals surface area contributed by atoms with Crippen LogP contribution in [0.25, 0.3) is 22.2 Å². The Morgan fingerprint density at radius 2 is 1.71 bits per heavy atom. The molecule has 8 nitrogen and oxygen atoms in total. The Kier molecular flexibility index (Phi) is 5.85. The molecule has 5 aromatic rings. The van der Waals surface area contributed by atoms with Gasteiger partial charge in [-0.05, 0) is 67.9 Å². The first kappa shape index (κ1) is 22.1. The maximum atomic E-state index is 13.3. The van der Waals surface area contributed by atoms with Crippen molar-refractivity contribution in [3.05, 3.63) is 89.5 Å². The minimum Gasteiger partial charge on any atom is -0.494 e. The van der Waals surface area contributed by atoms with Gasteiger partial charge in [-0.3, -0.25) is 4.79 Å². The summed E-state index contributed by atoms with van der Waals surface area (Å²) < 4.78 is 6.95. The highest BCUT2D eigenvalue weighted by Gasteiger charge is 2.24. The van der Waals surface area contributed by atoms with Gasteiger partial charge in [0.2, 0.25) is 0 Å². The van der Waals surface area contributed by atoms with E-state index in [0.717, 1.165) is 16.9 Å². The van der Waals surface area contributed by atoms with Crippen molar-refractivity contribution in [2.45, 2.75) is 13.8 Å². The Labute approximate surface area is 202 Å². The molecule has 0 saturated carbocycles. The molecule has 0 bridgehead atoms. The lowest BCUT2D eigenvalue weighted by Crippen LogP contribution is -2.14. The van der Waals surface area contributed by atoms with Crippen molar-refractivity contribution >= 4 is 45.8 Å². The fourth-order valence-electron chi connectivity index (χ4n) is 3.76. The van der Waals surface area contributed by atoms with E-state index < -0.39 is 0 Å². The maximum Gasteiger partial charge on any atom is 0.261 e. The van der Waals surface area contributed by atoms with Crippen molar-refractivity contribution in [3.63, 3.8) is 0 Å². The number of ether oxygens (including phenoxy) is 1. The van der Waals surface area contributed by atoms with Crippen LogP contribution in [0.4, 0.5) is 11.5 Å². The number of carbonyl (C=O) groups excluding carboxylic acids is 1. The molecule has 35 heavy (non-hydrogen) atoms. The molecule has 8 heteroatoms. The molecule has 0 aliphatic rings. The Morgan fingerprint density at radius 3 is 2.40 bits per heavy atom. The minimum atomic E-state index is -0.379. The predicted octanol–water partition coefficient (Wildman–Crippen LogP) is 5.01. The second-order valence-electron chi connectivity index (χ2n) is 8.02. The molecule has 0 aliphatic heterocycles. The van der Waals surface area contributed by atoms with E-state index in [9.17, 15) is 4.79 Å². The van der Waals surface area contributed by atoms with Crippen LogP contribution in [0.1, 0.15) is 28.4 Å². The molecule has 3 aromatic carbocycles. The summed E-state index contributed by atoms with van der Waals surface area (Å²) in [4.78, 5) is 22.7. The van der Waals surface area contributed by atoms with E-state index in [-0.39, 0.29) is 17.3 Å². The van der Waals surface area contributed by atoms with Crippen molar-refractivity contribution in [1.29, 1.82) is 0 Å². The van der Waals surface area contributed by atoms with Crippen LogP contribution in [0, 0.1) is 6.92 Å². The number of nitrogens with zero attached hydrogens (tertiary/aromatic N) is 4. The third kappa shape index (κ3) is 4.41. The molecular weight excluding hydrogens is 440 g/mol. The van der Waals surface area contributed by atoms with Crippen LogP contribution in [0.15, 0.2) is 77.9 Å². The highest BCUT2D eigenvalue weighted by atomic mass is 16.5. The summed E-state index contributed by atoms with van der Waals surface area (Å²) in [5.41, 5.74) is 11.4. The normalized spacial score (nSPS) is 11.4. The van der Waals surface area contributed by atoms with E-state index in [0.29, 0.717) is 34.5 Å². The lowest BCUT2D eigenvalue weighted by atomic mass is 10.2. The van der Waals surface area contributed by atoms with Gasteiger partial charge in [0.25, 0.3) is 5.91 Å². The van der Waals surface area contributed by atoms with Crippen molar-refractivity contribution in [2.24, 2.45) is 5.10 Å². The van der Waals surface area contributed by atoms with Gasteiger partial charge in [0.05, 0.1) is 23.9 Å². The first-order valence-electron chi connectivity index (χ1n) is 11.3. The van der Waals surface area contributed by atoms with Gasteiger partial charge in [0.15, 0.2) is 5.65 Å². The maximum absolute atomic E-state index is 13.3. The van der Waals surface area contributed by atoms with Gasteiger partial charge in [-0.1, -0.05) is 29.8 Å². The van der Waals surface area contributed by atoms with Crippen molar-refractivity contribution < 1.29 is 9.53 Å². The fraction of sp³-hybridized carbons (Fsp3) is 0.111. The lowest BCUT2D eigenvalue weighted by Gasteiger charge is -2.06. The number of nitrogen functional groups attached to an aromatic ring is 1. The summed E-state index contributed by atoms with van der Waals surface area (Å²) in [6.07, 6.45) is 1.66. The molecule has 0 aliphatic carbocycles. The number of benzene rings is 3. The van der Waals surface area contributed by atoms with Gasteiger partial charge < -0.3 is 15.8 Å². The highest BCUT2D eigenvalue weighted by molar-refractivity contribution is 6.16. The average molecular weight is 465 g/mol. The van der Waals surface area contributed by atoms with Crippen LogP contribution in [-0.2, 0) is 0 Å². The molecule has 1 amide bonds. The smallest absolute Gasteiger partial charge is 0.261 e. The van der Waals surface area contributed by atoms with Crippen LogP contribution in [-0.4, -0.2) is 33.4 Å². The van der Waals surface area contributed by atoms with Gasteiger partial charge in [-0.25, -0.2) is 9.97 Å². The van der Waals surface area contributed by atoms with Gasteiger partial charge >= 0.3 is 0 Å². The summed E-state index contributed by atoms with van der Waals surface area (Å²) in [5, 5.41) is 7.46. The predicted molar refractivity (Wildman–Crippen MR) is 139 cm³/mol. The molecule has 2 heterocycles. The number of nitrogens with one attached hydrogen (secondary N) is 1. The topological polar surface area (TPSA) is 107 Å². The van der Waals surface area contributed by atoms with Crippen molar-refractivity contribution in [2.75, 3.05) is 17.7 Å². The summed E-state index contributed by atoms with van der Waals surface area (Å²) in [7, 11) is 0. The number of rotatable bonds is 6. The Bertz CT molecular complexity index is 1550. The molecule has 174 valence electrons. The molecule has 0 radical (unpaired) electrons. The Morgan fingerprint density at radius 1 is 1.03 bits per heavy atom. The Hall–Kier alpha value is -4.72. The van der Waals surface area contributed by atoms with E-state index in [1.54, 1.807) is 6.21 Å². The number of aryl methyl sites for hydroxylation is 1. The quantitative estimate of drug-likeness (QED) is 0.344. The van der Waals surface area contributed by atoms with Gasteiger partial charge in [0.1, 0.15) is 22.6 Å². The second kappa shape index (κ2) is 9.26. The standard InChI is InChI=1S/C27H24N6O2/c1-3-35-20-14-10-18(11-15-20)16-29-33-25(28)23(27(34)30-19-12-8-17(2)9-13-19)24-26(33)32-22-7-5-4-6-21(22)31-24/h4-16H,3,28H2,1-2H3,(H,30,34)/b29-16+. The third-order valence-corrected chi connectivity index (χ3v) is 5.52. The number of para-hydroxylation sites is 2. The molecule has 0 fully saturated rings. The van der Waals surface area contributed by atoms with Gasteiger partial charge in [-0.15, -0.1) is 0 Å². The zero-order chi connectivity index (χ0) is 24.4. The number of anilines is 2. The second-order valence-corrected chi connectivity index (χ2v) is 8.02. The monoisotopic (exact) mass is 464 g/mol. The molecule has 0 unspecified atom stereocenters. The average Bonchev–Trinajstić information content (AvgIpc) is 3.13. The van der Waals surface area contributed by atoms with E-state index in [1.165, 1.54) is 4.68 Å². The van der Waals surface area contributed by atoms with Crippen LogP contribution >= 0.6 is 0 Å². The van der Waals surface area contributed by atoms with Crippen LogP contribution in [0.5, 0.6) is 5.75 Å². The SMILES string of the molecule is CCOc1ccc(/C=N/n2c(N)c(C(=O)Nc3ccc(C)cc3)c3nc4ccccc4nc32)cc1. The largest absolute Gasteiger partial charge is 0.494 e. The van der Waals surface area contributed by atoms with E-state index in [1.807, 2.05) is 86.6 Å². The lowest BCUT2D eigenvalue weighted by molar-refractivity contribution is 0.102. The zero-order valence-corrected chi connectivity index (χ0v) is 19.4. The fourth-order valence-corrected chi connectivity index (χ4v) is 3.76. The Balaban J connectivity index is 1.60. The molecule has 0 spiro atoms. The summed E-state index contributed by atoms with van der Waals surface area (Å²) >= 11 is 0. The zero-order valence-electron chi connectivity index (χ0n) is 19.4. The molecule has 0 atom stereocenters. The van der Waals surface area contributed by atoms with E-state index in [2.05, 4.69) is 10.4 Å². The van der Waals surface area contributed by atoms with E-state index in [4.69, 9.17) is 20.4 Å². The third-order valence-electron chi connectivity index (χ3n) is 5.52. The number of carbonyl (C=O) groups is 1. The summed E-state index contributed by atoms with van der Waals surface area (Å²) in [6.45, 7) is 4.52. The number of hydrogen-bond acceptors (Lipinski definition) is 6. The number of aromatic nitrogens is 3.